The smallest absolute Gasteiger partial charge is 0.261 e. The van der Waals surface area contributed by atoms with E-state index in [9.17, 15) is 12.8 Å². The Bertz CT molecular complexity index is 957. The summed E-state index contributed by atoms with van der Waals surface area (Å²) in [5, 5.41) is 3.37. The van der Waals surface area contributed by atoms with E-state index in [0.29, 0.717) is 5.69 Å². The quantitative estimate of drug-likeness (QED) is 0.655. The summed E-state index contributed by atoms with van der Waals surface area (Å²) in [6.07, 6.45) is 0. The lowest BCUT2D eigenvalue weighted by Crippen LogP contribution is -2.13. The molecule has 0 heterocycles. The zero-order valence-electron chi connectivity index (χ0n) is 14.2. The van der Waals surface area contributed by atoms with Gasteiger partial charge in [0.1, 0.15) is 5.82 Å². The standard InChI is InChI=1S/C20H19FN2O2S/c1-15(16-5-3-2-4-6-16)22-18-9-11-19(12-10-18)23-26(24,25)20-13-7-17(21)8-14-20/h2-15,22-23H,1H3. The Labute approximate surface area is 152 Å². The Kier molecular flexibility index (Phi) is 5.23. The van der Waals surface area contributed by atoms with Gasteiger partial charge in [-0.3, -0.25) is 4.72 Å². The molecule has 3 aromatic carbocycles. The topological polar surface area (TPSA) is 58.2 Å². The Morgan fingerprint density at radius 2 is 1.38 bits per heavy atom. The second-order valence-corrected chi connectivity index (χ2v) is 7.60. The first-order valence-corrected chi connectivity index (χ1v) is 9.62. The maximum Gasteiger partial charge on any atom is 0.261 e. The molecule has 4 nitrogen and oxygen atoms in total. The van der Waals surface area contributed by atoms with Gasteiger partial charge in [-0.1, -0.05) is 30.3 Å². The molecule has 0 amide bonds. The largest absolute Gasteiger partial charge is 0.379 e. The van der Waals surface area contributed by atoms with Crippen LogP contribution in [0, 0.1) is 5.82 Å². The Hall–Kier alpha value is -2.86. The van der Waals surface area contributed by atoms with Crippen molar-refractivity contribution in [2.75, 3.05) is 10.0 Å². The van der Waals surface area contributed by atoms with E-state index in [2.05, 4.69) is 17.0 Å². The summed E-state index contributed by atoms with van der Waals surface area (Å²) in [6, 6.07) is 21.8. The predicted molar refractivity (Wildman–Crippen MR) is 102 cm³/mol. The first kappa shape index (κ1) is 17.9. The molecule has 0 aliphatic rings. The van der Waals surface area contributed by atoms with Crippen LogP contribution >= 0.6 is 0 Å². The highest BCUT2D eigenvalue weighted by molar-refractivity contribution is 7.92. The Balaban J connectivity index is 1.68. The summed E-state index contributed by atoms with van der Waals surface area (Å²) in [5.41, 5.74) is 2.48. The fourth-order valence-electron chi connectivity index (χ4n) is 2.54. The molecule has 0 saturated carbocycles. The Morgan fingerprint density at radius 1 is 0.808 bits per heavy atom. The van der Waals surface area contributed by atoms with Crippen LogP contribution in [0.5, 0.6) is 0 Å². The van der Waals surface area contributed by atoms with Crippen molar-refractivity contribution in [3.63, 3.8) is 0 Å². The second kappa shape index (κ2) is 7.58. The van der Waals surface area contributed by atoms with Crippen molar-refractivity contribution >= 4 is 21.4 Å². The lowest BCUT2D eigenvalue weighted by molar-refractivity contribution is 0.599. The molecule has 1 atom stereocenters. The van der Waals surface area contributed by atoms with E-state index in [0.717, 1.165) is 23.4 Å². The van der Waals surface area contributed by atoms with Crippen LogP contribution in [0.25, 0.3) is 0 Å². The minimum Gasteiger partial charge on any atom is -0.379 e. The number of halogens is 1. The van der Waals surface area contributed by atoms with Gasteiger partial charge >= 0.3 is 0 Å². The average molecular weight is 370 g/mol. The molecule has 0 fully saturated rings. The van der Waals surface area contributed by atoms with E-state index in [1.165, 1.54) is 12.1 Å². The molecule has 26 heavy (non-hydrogen) atoms. The number of anilines is 2. The maximum atomic E-state index is 13.0. The van der Waals surface area contributed by atoms with Gasteiger partial charge in [0.05, 0.1) is 4.90 Å². The summed E-state index contributed by atoms with van der Waals surface area (Å²) >= 11 is 0. The third-order valence-electron chi connectivity index (χ3n) is 3.94. The third kappa shape index (κ3) is 4.40. The molecule has 3 rings (SSSR count). The van der Waals surface area contributed by atoms with Gasteiger partial charge in [0.2, 0.25) is 0 Å². The zero-order valence-corrected chi connectivity index (χ0v) is 15.0. The normalized spacial score (nSPS) is 12.4. The average Bonchev–Trinajstić information content (AvgIpc) is 2.64. The molecule has 134 valence electrons. The molecule has 3 aromatic rings. The van der Waals surface area contributed by atoms with Crippen molar-refractivity contribution in [1.82, 2.24) is 0 Å². The summed E-state index contributed by atoms with van der Waals surface area (Å²) in [7, 11) is -3.75. The van der Waals surface area contributed by atoms with Gasteiger partial charge in [0, 0.05) is 17.4 Å². The van der Waals surface area contributed by atoms with Gasteiger partial charge in [0.25, 0.3) is 10.0 Å². The van der Waals surface area contributed by atoms with E-state index >= 15 is 0 Å². The highest BCUT2D eigenvalue weighted by Gasteiger charge is 2.14. The van der Waals surface area contributed by atoms with Crippen molar-refractivity contribution < 1.29 is 12.8 Å². The highest BCUT2D eigenvalue weighted by Crippen LogP contribution is 2.22. The number of sulfonamides is 1. The van der Waals surface area contributed by atoms with Crippen LogP contribution in [0.15, 0.2) is 83.8 Å². The van der Waals surface area contributed by atoms with Crippen LogP contribution in [0.2, 0.25) is 0 Å². The lowest BCUT2D eigenvalue weighted by Gasteiger charge is -2.16. The van der Waals surface area contributed by atoms with Crippen molar-refractivity contribution in [3.8, 4) is 0 Å². The molecular formula is C20H19FN2O2S. The molecule has 2 N–H and O–H groups in total. The fraction of sp³-hybridized carbons (Fsp3) is 0.100. The van der Waals surface area contributed by atoms with Crippen LogP contribution in [-0.2, 0) is 10.0 Å². The van der Waals surface area contributed by atoms with Gasteiger partial charge in [-0.2, -0.15) is 0 Å². The molecule has 0 aromatic heterocycles. The predicted octanol–water partition coefficient (Wildman–Crippen LogP) is 4.80. The molecule has 0 saturated heterocycles. The van der Waals surface area contributed by atoms with Crippen LogP contribution in [0.1, 0.15) is 18.5 Å². The van der Waals surface area contributed by atoms with Gasteiger partial charge < -0.3 is 5.32 Å². The summed E-state index contributed by atoms with van der Waals surface area (Å²) in [6.45, 7) is 2.06. The SMILES string of the molecule is CC(Nc1ccc(NS(=O)(=O)c2ccc(F)cc2)cc1)c1ccccc1. The molecule has 0 spiro atoms. The fourth-order valence-corrected chi connectivity index (χ4v) is 3.60. The molecule has 0 radical (unpaired) electrons. The minimum absolute atomic E-state index is 0.0128. The number of rotatable bonds is 6. The van der Waals surface area contributed by atoms with E-state index in [1.807, 2.05) is 42.5 Å². The van der Waals surface area contributed by atoms with Gasteiger partial charge in [-0.05, 0) is 61.0 Å². The molecule has 6 heteroatoms. The van der Waals surface area contributed by atoms with E-state index in [-0.39, 0.29) is 10.9 Å². The van der Waals surface area contributed by atoms with Gasteiger partial charge in [-0.25, -0.2) is 12.8 Å². The van der Waals surface area contributed by atoms with E-state index in [1.54, 1.807) is 12.1 Å². The molecule has 0 bridgehead atoms. The van der Waals surface area contributed by atoms with Crippen LogP contribution in [0.4, 0.5) is 15.8 Å². The van der Waals surface area contributed by atoms with Crippen LogP contribution in [-0.4, -0.2) is 8.42 Å². The van der Waals surface area contributed by atoms with Crippen molar-refractivity contribution in [1.29, 1.82) is 0 Å². The third-order valence-corrected chi connectivity index (χ3v) is 5.34. The van der Waals surface area contributed by atoms with Crippen molar-refractivity contribution in [2.45, 2.75) is 17.9 Å². The summed E-state index contributed by atoms with van der Waals surface area (Å²) < 4.78 is 40.1. The number of benzene rings is 3. The molecular weight excluding hydrogens is 351 g/mol. The molecule has 0 aliphatic carbocycles. The summed E-state index contributed by atoms with van der Waals surface area (Å²) in [4.78, 5) is 0.0128. The van der Waals surface area contributed by atoms with Crippen molar-refractivity contribution in [2.24, 2.45) is 0 Å². The van der Waals surface area contributed by atoms with Crippen LogP contribution < -0.4 is 10.0 Å². The molecule has 1 unspecified atom stereocenters. The Morgan fingerprint density at radius 3 is 2.00 bits per heavy atom. The van der Waals surface area contributed by atoms with Crippen molar-refractivity contribution in [3.05, 3.63) is 90.2 Å². The number of nitrogens with one attached hydrogen (secondary N) is 2. The number of hydrogen-bond acceptors (Lipinski definition) is 3. The number of hydrogen-bond donors (Lipinski definition) is 2. The second-order valence-electron chi connectivity index (χ2n) is 5.91. The molecule has 0 aliphatic heterocycles. The minimum atomic E-state index is -3.75. The van der Waals surface area contributed by atoms with E-state index < -0.39 is 15.8 Å². The summed E-state index contributed by atoms with van der Waals surface area (Å²) in [5.74, 6) is -0.480. The first-order chi connectivity index (χ1) is 12.4. The highest BCUT2D eigenvalue weighted by atomic mass is 32.2. The van der Waals surface area contributed by atoms with Gasteiger partial charge in [-0.15, -0.1) is 0 Å². The monoisotopic (exact) mass is 370 g/mol. The van der Waals surface area contributed by atoms with Gasteiger partial charge in [0.15, 0.2) is 0 Å². The van der Waals surface area contributed by atoms with Crippen LogP contribution in [0.3, 0.4) is 0 Å². The zero-order chi connectivity index (χ0) is 18.6. The van der Waals surface area contributed by atoms with E-state index in [4.69, 9.17) is 0 Å². The maximum absolute atomic E-state index is 13.0. The lowest BCUT2D eigenvalue weighted by atomic mass is 10.1. The first-order valence-electron chi connectivity index (χ1n) is 8.14.